The zero-order valence-electron chi connectivity index (χ0n) is 9.38. The van der Waals surface area contributed by atoms with E-state index in [0.29, 0.717) is 5.02 Å². The molecule has 0 saturated carbocycles. The molecular formula is C11H8ClN5O. The first-order chi connectivity index (χ1) is 8.60. The fourth-order valence-corrected chi connectivity index (χ4v) is 1.52. The van der Waals surface area contributed by atoms with Crippen LogP contribution in [0.1, 0.15) is 16.1 Å². The Balaban J connectivity index is 2.24. The predicted octanol–water partition coefficient (Wildman–Crippen LogP) is 1.59. The standard InChI is InChI=1S/C11H8ClN5O/c1-17-6-7(5-13)10(16-17)15-11(18)9-4-8(12)2-3-14-9/h2-4,6H,1H3,(H,15,16,18). The maximum atomic E-state index is 11.9. The molecule has 1 N–H and O–H groups in total. The van der Waals surface area contributed by atoms with Gasteiger partial charge < -0.3 is 5.32 Å². The van der Waals surface area contributed by atoms with Crippen molar-refractivity contribution in [2.45, 2.75) is 0 Å². The molecule has 0 atom stereocenters. The number of carbonyl (C=O) groups excluding carboxylic acids is 1. The van der Waals surface area contributed by atoms with E-state index in [1.54, 1.807) is 13.1 Å². The Morgan fingerprint density at radius 1 is 1.61 bits per heavy atom. The Hall–Kier alpha value is -2.39. The summed E-state index contributed by atoms with van der Waals surface area (Å²) in [6, 6.07) is 4.95. The van der Waals surface area contributed by atoms with Gasteiger partial charge in [0.2, 0.25) is 0 Å². The summed E-state index contributed by atoms with van der Waals surface area (Å²) in [7, 11) is 1.66. The van der Waals surface area contributed by atoms with Gasteiger partial charge in [0.05, 0.1) is 0 Å². The van der Waals surface area contributed by atoms with Gasteiger partial charge in [0, 0.05) is 24.5 Å². The fourth-order valence-electron chi connectivity index (χ4n) is 1.36. The van der Waals surface area contributed by atoms with Gasteiger partial charge in [0.15, 0.2) is 5.82 Å². The molecule has 0 spiro atoms. The topological polar surface area (TPSA) is 83.6 Å². The summed E-state index contributed by atoms with van der Waals surface area (Å²) >= 11 is 5.76. The van der Waals surface area contributed by atoms with Crippen LogP contribution >= 0.6 is 11.6 Å². The van der Waals surface area contributed by atoms with E-state index in [1.165, 1.54) is 23.1 Å². The van der Waals surface area contributed by atoms with E-state index in [2.05, 4.69) is 15.4 Å². The van der Waals surface area contributed by atoms with E-state index in [0.717, 1.165) is 0 Å². The predicted molar refractivity (Wildman–Crippen MR) is 65.1 cm³/mol. The average molecular weight is 262 g/mol. The van der Waals surface area contributed by atoms with Gasteiger partial charge in [0.1, 0.15) is 17.3 Å². The summed E-state index contributed by atoms with van der Waals surface area (Å²) < 4.78 is 1.44. The molecule has 1 amide bonds. The number of carbonyl (C=O) groups is 1. The summed E-state index contributed by atoms with van der Waals surface area (Å²) in [5, 5.41) is 15.8. The van der Waals surface area contributed by atoms with Crippen LogP contribution in [0.15, 0.2) is 24.5 Å². The second-order valence-electron chi connectivity index (χ2n) is 3.49. The van der Waals surface area contributed by atoms with Crippen LogP contribution in [-0.4, -0.2) is 20.7 Å². The summed E-state index contributed by atoms with van der Waals surface area (Å²) in [5.74, 6) is -0.264. The van der Waals surface area contributed by atoms with Crippen LogP contribution in [0.4, 0.5) is 5.82 Å². The van der Waals surface area contributed by atoms with E-state index in [-0.39, 0.29) is 17.1 Å². The normalized spacial score (nSPS) is 9.83. The lowest BCUT2D eigenvalue weighted by Crippen LogP contribution is -2.14. The second-order valence-corrected chi connectivity index (χ2v) is 3.93. The zero-order valence-corrected chi connectivity index (χ0v) is 10.1. The van der Waals surface area contributed by atoms with Gasteiger partial charge in [0.25, 0.3) is 5.91 Å². The van der Waals surface area contributed by atoms with Crippen LogP contribution in [0.3, 0.4) is 0 Å². The number of aryl methyl sites for hydroxylation is 1. The summed E-state index contributed by atoms with van der Waals surface area (Å²) in [6.45, 7) is 0. The average Bonchev–Trinajstić information content (AvgIpc) is 2.69. The molecule has 0 radical (unpaired) electrons. The number of nitrogens with one attached hydrogen (secondary N) is 1. The van der Waals surface area contributed by atoms with Crippen LogP contribution in [0.25, 0.3) is 0 Å². The summed E-state index contributed by atoms with van der Waals surface area (Å²) in [5.41, 5.74) is 0.449. The van der Waals surface area contributed by atoms with Crippen LogP contribution in [0, 0.1) is 11.3 Å². The molecule has 7 heteroatoms. The lowest BCUT2D eigenvalue weighted by molar-refractivity contribution is 0.102. The highest BCUT2D eigenvalue weighted by atomic mass is 35.5. The van der Waals surface area contributed by atoms with Crippen molar-refractivity contribution in [3.63, 3.8) is 0 Å². The number of anilines is 1. The number of nitrogens with zero attached hydrogens (tertiary/aromatic N) is 4. The maximum absolute atomic E-state index is 11.9. The van der Waals surface area contributed by atoms with Crippen LogP contribution in [0.2, 0.25) is 5.02 Å². The second kappa shape index (κ2) is 4.85. The highest BCUT2D eigenvalue weighted by Gasteiger charge is 2.13. The molecule has 6 nitrogen and oxygen atoms in total. The zero-order chi connectivity index (χ0) is 13.1. The Bertz CT molecular complexity index is 643. The molecule has 0 unspecified atom stereocenters. The lowest BCUT2D eigenvalue weighted by Gasteiger charge is -2.01. The minimum absolute atomic E-state index is 0.164. The summed E-state index contributed by atoms with van der Waals surface area (Å²) in [4.78, 5) is 15.7. The van der Waals surface area contributed by atoms with Crippen LogP contribution in [0.5, 0.6) is 0 Å². The third-order valence-electron chi connectivity index (χ3n) is 2.14. The Morgan fingerprint density at radius 3 is 3.06 bits per heavy atom. The first-order valence-electron chi connectivity index (χ1n) is 4.97. The Labute approximate surface area is 108 Å². The van der Waals surface area contributed by atoms with E-state index < -0.39 is 5.91 Å². The van der Waals surface area contributed by atoms with Crippen molar-refractivity contribution in [2.75, 3.05) is 5.32 Å². The number of hydrogen-bond donors (Lipinski definition) is 1. The highest BCUT2D eigenvalue weighted by Crippen LogP contribution is 2.13. The van der Waals surface area contributed by atoms with E-state index in [9.17, 15) is 4.79 Å². The van der Waals surface area contributed by atoms with Gasteiger partial charge in [-0.2, -0.15) is 10.4 Å². The number of amides is 1. The molecule has 2 aromatic heterocycles. The van der Waals surface area contributed by atoms with Crippen molar-refractivity contribution in [3.05, 3.63) is 40.8 Å². The molecule has 0 saturated heterocycles. The van der Waals surface area contributed by atoms with Gasteiger partial charge in [-0.15, -0.1) is 0 Å². The van der Waals surface area contributed by atoms with E-state index in [4.69, 9.17) is 16.9 Å². The third-order valence-corrected chi connectivity index (χ3v) is 2.37. The number of rotatable bonds is 2. The number of nitriles is 1. The molecule has 0 fully saturated rings. The van der Waals surface area contributed by atoms with Crippen molar-refractivity contribution >= 4 is 23.3 Å². The first kappa shape index (κ1) is 12.1. The quantitative estimate of drug-likeness (QED) is 0.890. The third kappa shape index (κ3) is 2.47. The van der Waals surface area contributed by atoms with E-state index >= 15 is 0 Å². The molecule has 0 aliphatic carbocycles. The number of halogens is 1. The molecule has 2 rings (SSSR count). The molecule has 18 heavy (non-hydrogen) atoms. The number of aromatic nitrogens is 3. The lowest BCUT2D eigenvalue weighted by atomic mass is 10.3. The minimum atomic E-state index is -0.465. The molecular weight excluding hydrogens is 254 g/mol. The van der Waals surface area contributed by atoms with Crippen LogP contribution < -0.4 is 5.32 Å². The molecule has 0 aliphatic rings. The molecule has 0 bridgehead atoms. The fraction of sp³-hybridized carbons (Fsp3) is 0.0909. The minimum Gasteiger partial charge on any atom is -0.303 e. The number of hydrogen-bond acceptors (Lipinski definition) is 4. The smallest absolute Gasteiger partial charge is 0.275 e. The van der Waals surface area contributed by atoms with Crippen molar-refractivity contribution in [1.82, 2.24) is 14.8 Å². The molecule has 90 valence electrons. The van der Waals surface area contributed by atoms with Gasteiger partial charge in [-0.25, -0.2) is 0 Å². The molecule has 0 aromatic carbocycles. The van der Waals surface area contributed by atoms with Crippen molar-refractivity contribution in [1.29, 1.82) is 5.26 Å². The monoisotopic (exact) mass is 261 g/mol. The number of pyridine rings is 1. The maximum Gasteiger partial charge on any atom is 0.275 e. The van der Waals surface area contributed by atoms with E-state index in [1.807, 2.05) is 6.07 Å². The van der Waals surface area contributed by atoms with Gasteiger partial charge >= 0.3 is 0 Å². The van der Waals surface area contributed by atoms with Gasteiger partial charge in [-0.05, 0) is 12.1 Å². The van der Waals surface area contributed by atoms with Gasteiger partial charge in [-0.1, -0.05) is 11.6 Å². The molecule has 2 aromatic rings. The molecule has 2 heterocycles. The Kier molecular flexibility index (Phi) is 3.26. The Morgan fingerprint density at radius 2 is 2.39 bits per heavy atom. The highest BCUT2D eigenvalue weighted by molar-refractivity contribution is 6.30. The van der Waals surface area contributed by atoms with Crippen molar-refractivity contribution in [2.24, 2.45) is 7.05 Å². The van der Waals surface area contributed by atoms with Gasteiger partial charge in [-0.3, -0.25) is 14.5 Å². The van der Waals surface area contributed by atoms with Crippen molar-refractivity contribution in [3.8, 4) is 6.07 Å². The largest absolute Gasteiger partial charge is 0.303 e. The SMILES string of the molecule is Cn1cc(C#N)c(NC(=O)c2cc(Cl)ccn2)n1. The molecule has 0 aliphatic heterocycles. The summed E-state index contributed by atoms with van der Waals surface area (Å²) in [6.07, 6.45) is 2.95. The van der Waals surface area contributed by atoms with Crippen LogP contribution in [-0.2, 0) is 7.05 Å². The van der Waals surface area contributed by atoms with Crippen molar-refractivity contribution < 1.29 is 4.79 Å². The first-order valence-corrected chi connectivity index (χ1v) is 5.34.